The third kappa shape index (κ3) is 7.37. The molecule has 15 heavy (non-hydrogen) atoms. The molecule has 0 fully saturated rings. The summed E-state index contributed by atoms with van der Waals surface area (Å²) in [6, 6.07) is 0. The molecule has 0 saturated carbocycles. The first-order valence-electron chi connectivity index (χ1n) is 5.70. The summed E-state index contributed by atoms with van der Waals surface area (Å²) in [6.07, 6.45) is 3.77. The van der Waals surface area contributed by atoms with Crippen molar-refractivity contribution in [3.05, 3.63) is 0 Å². The van der Waals surface area contributed by atoms with E-state index in [2.05, 4.69) is 20.8 Å². The third-order valence-electron chi connectivity index (χ3n) is 2.90. The van der Waals surface area contributed by atoms with E-state index in [-0.39, 0.29) is 18.4 Å². The molecule has 3 nitrogen and oxygen atoms in total. The standard InChI is InChI=1S/C12H24O3/c1-12(2,3)10(8-9-13)6-4-5-7-11(14)15/h10,13H,4-9H2,1-3H3,(H,14,15). The van der Waals surface area contributed by atoms with Crippen LogP contribution >= 0.6 is 0 Å². The quantitative estimate of drug-likeness (QED) is 0.643. The summed E-state index contributed by atoms with van der Waals surface area (Å²) in [5.74, 6) is -0.235. The van der Waals surface area contributed by atoms with Crippen LogP contribution in [-0.4, -0.2) is 22.8 Å². The van der Waals surface area contributed by atoms with Gasteiger partial charge in [0, 0.05) is 13.0 Å². The number of carboxylic acid groups (broad SMARTS) is 1. The molecule has 1 atom stereocenters. The number of aliphatic hydroxyl groups is 1. The molecule has 0 aliphatic rings. The Hall–Kier alpha value is -0.570. The largest absolute Gasteiger partial charge is 0.481 e. The predicted molar refractivity (Wildman–Crippen MR) is 60.8 cm³/mol. The lowest BCUT2D eigenvalue weighted by Crippen LogP contribution is -2.21. The fraction of sp³-hybridized carbons (Fsp3) is 0.917. The van der Waals surface area contributed by atoms with Gasteiger partial charge in [-0.3, -0.25) is 4.79 Å². The van der Waals surface area contributed by atoms with Crippen molar-refractivity contribution in [1.29, 1.82) is 0 Å². The number of unbranched alkanes of at least 4 members (excludes halogenated alkanes) is 1. The predicted octanol–water partition coefficient (Wildman–Crippen LogP) is 2.68. The fourth-order valence-corrected chi connectivity index (χ4v) is 1.83. The number of carbonyl (C=O) groups is 1. The Kier molecular flexibility index (Phi) is 6.57. The SMILES string of the molecule is CC(C)(C)C(CCO)CCCCC(=O)O. The number of hydrogen-bond acceptors (Lipinski definition) is 2. The van der Waals surface area contributed by atoms with Crippen LogP contribution in [0.15, 0.2) is 0 Å². The minimum absolute atomic E-state index is 0.200. The summed E-state index contributed by atoms with van der Waals surface area (Å²) >= 11 is 0. The monoisotopic (exact) mass is 216 g/mol. The summed E-state index contributed by atoms with van der Waals surface area (Å²) in [5.41, 5.74) is 0.200. The van der Waals surface area contributed by atoms with Gasteiger partial charge in [-0.1, -0.05) is 27.2 Å². The minimum Gasteiger partial charge on any atom is -0.481 e. The summed E-state index contributed by atoms with van der Waals surface area (Å²) in [7, 11) is 0. The highest BCUT2D eigenvalue weighted by Crippen LogP contribution is 2.32. The Labute approximate surface area is 92.5 Å². The van der Waals surface area contributed by atoms with E-state index in [0.29, 0.717) is 5.92 Å². The van der Waals surface area contributed by atoms with E-state index in [1.165, 1.54) is 0 Å². The lowest BCUT2D eigenvalue weighted by molar-refractivity contribution is -0.137. The fourth-order valence-electron chi connectivity index (χ4n) is 1.83. The Morgan fingerprint density at radius 1 is 1.20 bits per heavy atom. The maximum Gasteiger partial charge on any atom is 0.303 e. The van der Waals surface area contributed by atoms with Crippen LogP contribution in [-0.2, 0) is 4.79 Å². The highest BCUT2D eigenvalue weighted by Gasteiger charge is 2.23. The van der Waals surface area contributed by atoms with Crippen LogP contribution in [0.25, 0.3) is 0 Å². The molecule has 0 amide bonds. The van der Waals surface area contributed by atoms with Crippen LogP contribution in [0.1, 0.15) is 52.9 Å². The molecule has 0 aromatic heterocycles. The minimum atomic E-state index is -0.718. The average molecular weight is 216 g/mol. The second kappa shape index (κ2) is 6.83. The van der Waals surface area contributed by atoms with Gasteiger partial charge in [0.15, 0.2) is 0 Å². The summed E-state index contributed by atoms with van der Waals surface area (Å²) < 4.78 is 0. The molecule has 0 spiro atoms. The van der Waals surface area contributed by atoms with Crippen LogP contribution < -0.4 is 0 Å². The van der Waals surface area contributed by atoms with Crippen LogP contribution in [0.4, 0.5) is 0 Å². The topological polar surface area (TPSA) is 57.5 Å². The van der Waals surface area contributed by atoms with E-state index >= 15 is 0 Å². The summed E-state index contributed by atoms with van der Waals surface area (Å²) in [5, 5.41) is 17.5. The molecule has 0 radical (unpaired) electrons. The van der Waals surface area contributed by atoms with Crippen molar-refractivity contribution in [2.24, 2.45) is 11.3 Å². The first-order chi connectivity index (χ1) is 6.88. The van der Waals surface area contributed by atoms with E-state index in [1.54, 1.807) is 0 Å². The van der Waals surface area contributed by atoms with Gasteiger partial charge in [0.25, 0.3) is 0 Å². The van der Waals surface area contributed by atoms with Gasteiger partial charge in [0.05, 0.1) is 0 Å². The van der Waals surface area contributed by atoms with Crippen molar-refractivity contribution in [1.82, 2.24) is 0 Å². The van der Waals surface area contributed by atoms with Gasteiger partial charge in [-0.2, -0.15) is 0 Å². The van der Waals surface area contributed by atoms with Gasteiger partial charge < -0.3 is 10.2 Å². The molecule has 0 aliphatic carbocycles. The van der Waals surface area contributed by atoms with Crippen molar-refractivity contribution < 1.29 is 15.0 Å². The second-order valence-electron chi connectivity index (χ2n) is 5.21. The Morgan fingerprint density at radius 2 is 1.80 bits per heavy atom. The molecule has 0 aromatic rings. The molecule has 90 valence electrons. The van der Waals surface area contributed by atoms with E-state index in [9.17, 15) is 4.79 Å². The van der Waals surface area contributed by atoms with Crippen LogP contribution in [0.3, 0.4) is 0 Å². The van der Waals surface area contributed by atoms with Crippen molar-refractivity contribution in [2.75, 3.05) is 6.61 Å². The maximum absolute atomic E-state index is 10.3. The van der Waals surface area contributed by atoms with Crippen LogP contribution in [0, 0.1) is 11.3 Å². The molecule has 2 N–H and O–H groups in total. The van der Waals surface area contributed by atoms with Gasteiger partial charge in [0.1, 0.15) is 0 Å². The maximum atomic E-state index is 10.3. The molecule has 0 aliphatic heterocycles. The van der Waals surface area contributed by atoms with Gasteiger partial charge in [-0.25, -0.2) is 0 Å². The average Bonchev–Trinajstić information content (AvgIpc) is 2.08. The highest BCUT2D eigenvalue weighted by molar-refractivity contribution is 5.66. The first kappa shape index (κ1) is 14.4. The molecule has 1 unspecified atom stereocenters. The smallest absolute Gasteiger partial charge is 0.303 e. The van der Waals surface area contributed by atoms with Crippen LogP contribution in [0.2, 0.25) is 0 Å². The van der Waals surface area contributed by atoms with Crippen molar-refractivity contribution in [3.8, 4) is 0 Å². The van der Waals surface area contributed by atoms with Gasteiger partial charge in [-0.05, 0) is 30.6 Å². The van der Waals surface area contributed by atoms with Crippen molar-refractivity contribution >= 4 is 5.97 Å². The molecule has 0 heterocycles. The number of rotatable bonds is 7. The Balaban J connectivity index is 3.82. The number of hydrogen-bond donors (Lipinski definition) is 2. The highest BCUT2D eigenvalue weighted by atomic mass is 16.4. The van der Waals surface area contributed by atoms with Crippen LogP contribution in [0.5, 0.6) is 0 Å². The molecular formula is C12H24O3. The summed E-state index contributed by atoms with van der Waals surface area (Å²) in [6.45, 7) is 6.74. The van der Waals surface area contributed by atoms with Crippen molar-refractivity contribution in [3.63, 3.8) is 0 Å². The molecule has 0 aromatic carbocycles. The second-order valence-corrected chi connectivity index (χ2v) is 5.21. The molecule has 0 rings (SSSR count). The zero-order chi connectivity index (χ0) is 11.9. The van der Waals surface area contributed by atoms with E-state index < -0.39 is 5.97 Å². The molecular weight excluding hydrogens is 192 g/mol. The zero-order valence-electron chi connectivity index (χ0n) is 10.1. The first-order valence-corrected chi connectivity index (χ1v) is 5.70. The van der Waals surface area contributed by atoms with E-state index in [0.717, 1.165) is 25.7 Å². The van der Waals surface area contributed by atoms with Gasteiger partial charge >= 0.3 is 5.97 Å². The number of aliphatic hydroxyl groups excluding tert-OH is 1. The lowest BCUT2D eigenvalue weighted by Gasteiger charge is -2.30. The number of carboxylic acids is 1. The van der Waals surface area contributed by atoms with E-state index in [1.807, 2.05) is 0 Å². The zero-order valence-corrected chi connectivity index (χ0v) is 10.1. The van der Waals surface area contributed by atoms with E-state index in [4.69, 9.17) is 10.2 Å². The lowest BCUT2D eigenvalue weighted by atomic mass is 9.76. The van der Waals surface area contributed by atoms with Crippen molar-refractivity contribution in [2.45, 2.75) is 52.9 Å². The Bertz CT molecular complexity index is 182. The molecule has 0 saturated heterocycles. The molecule has 0 bridgehead atoms. The van der Waals surface area contributed by atoms with Gasteiger partial charge in [-0.15, -0.1) is 0 Å². The van der Waals surface area contributed by atoms with Gasteiger partial charge in [0.2, 0.25) is 0 Å². The number of aliphatic carboxylic acids is 1. The third-order valence-corrected chi connectivity index (χ3v) is 2.90. The summed E-state index contributed by atoms with van der Waals surface area (Å²) in [4.78, 5) is 10.3. The normalized spacial score (nSPS) is 13.9. The Morgan fingerprint density at radius 3 is 2.20 bits per heavy atom. The molecule has 3 heteroatoms.